The number of halogens is 2. The van der Waals surface area contributed by atoms with E-state index in [0.29, 0.717) is 47.5 Å². The zero-order valence-corrected chi connectivity index (χ0v) is 24.7. The molecule has 1 fully saturated rings. The number of ether oxygens (including phenoxy) is 3. The summed E-state index contributed by atoms with van der Waals surface area (Å²) in [5, 5.41) is 0.555. The average Bonchev–Trinajstić information content (AvgIpc) is 3.02. The monoisotopic (exact) mass is 612 g/mol. The molecule has 1 unspecified atom stereocenters. The highest BCUT2D eigenvalue weighted by Crippen LogP contribution is 2.39. The predicted octanol–water partition coefficient (Wildman–Crippen LogP) is 4.10. The number of rotatable bonds is 8. The van der Waals surface area contributed by atoms with Gasteiger partial charge in [0.1, 0.15) is 12.3 Å². The van der Waals surface area contributed by atoms with Gasteiger partial charge in [-0.25, -0.2) is 4.79 Å². The maximum atomic E-state index is 13.7. The Balaban J connectivity index is 1.42. The van der Waals surface area contributed by atoms with Gasteiger partial charge in [-0.3, -0.25) is 24.4 Å². The zero-order valence-electron chi connectivity index (χ0n) is 23.2. The maximum Gasteiger partial charge on any atom is 0.340 e. The summed E-state index contributed by atoms with van der Waals surface area (Å²) in [6.45, 7) is 2.86. The second-order valence-electron chi connectivity index (χ2n) is 9.95. The minimum Gasteiger partial charge on any atom is -0.482 e. The van der Waals surface area contributed by atoms with E-state index < -0.39 is 5.97 Å². The van der Waals surface area contributed by atoms with Crippen molar-refractivity contribution in [2.24, 2.45) is 0 Å². The summed E-state index contributed by atoms with van der Waals surface area (Å²) < 4.78 is 16.0. The second-order valence-corrected chi connectivity index (χ2v) is 10.8. The average molecular weight is 613 g/mol. The maximum absolute atomic E-state index is 13.7. The molecular weight excluding hydrogens is 583 g/mol. The van der Waals surface area contributed by atoms with Crippen molar-refractivity contribution in [3.8, 4) is 17.0 Å². The number of carbonyl (C=O) groups is 3. The zero-order chi connectivity index (χ0) is 29.8. The van der Waals surface area contributed by atoms with E-state index >= 15 is 0 Å². The summed E-state index contributed by atoms with van der Waals surface area (Å²) in [5.41, 5.74) is 2.90. The van der Waals surface area contributed by atoms with Gasteiger partial charge in [-0.05, 0) is 23.8 Å². The van der Waals surface area contributed by atoms with Crippen molar-refractivity contribution in [2.45, 2.75) is 6.04 Å². The van der Waals surface area contributed by atoms with Crippen LogP contribution in [0.15, 0.2) is 54.7 Å². The van der Waals surface area contributed by atoms with Crippen molar-refractivity contribution >= 4 is 46.7 Å². The Hall–Kier alpha value is -3.70. The van der Waals surface area contributed by atoms with Gasteiger partial charge in [0.2, 0.25) is 5.91 Å². The van der Waals surface area contributed by atoms with Crippen LogP contribution in [0.5, 0.6) is 5.75 Å². The van der Waals surface area contributed by atoms with Gasteiger partial charge in [-0.1, -0.05) is 47.5 Å². The topological polar surface area (TPSA) is 102 Å². The first-order valence-corrected chi connectivity index (χ1v) is 14.1. The predicted molar refractivity (Wildman–Crippen MR) is 158 cm³/mol. The summed E-state index contributed by atoms with van der Waals surface area (Å²) in [6.07, 6.45) is 1.62. The van der Waals surface area contributed by atoms with Gasteiger partial charge in [0.15, 0.2) is 6.61 Å². The number of aromatic nitrogens is 1. The van der Waals surface area contributed by atoms with Crippen LogP contribution in [-0.2, 0) is 19.1 Å². The number of benzene rings is 2. The molecule has 0 N–H and O–H groups in total. The standard InChI is InChI=1S/C30H30Cl2N4O6/c1-34(27(37)17-36-24-14-22(31)23(32)15-26(24)42-18-28(36)38)25(16-35-10-12-41-13-11-35)19-5-7-20(8-6-19)29-21(30(39)40-2)4-3-9-33-29/h3-9,14-15,25H,10-13,16-18H2,1-2H3. The van der Waals surface area contributed by atoms with Gasteiger partial charge >= 0.3 is 5.97 Å². The molecule has 10 nitrogen and oxygen atoms in total. The van der Waals surface area contributed by atoms with E-state index in [1.165, 1.54) is 18.1 Å². The number of hydrogen-bond donors (Lipinski definition) is 0. The fraction of sp³-hybridized carbons (Fsp3) is 0.333. The van der Waals surface area contributed by atoms with Gasteiger partial charge < -0.3 is 19.1 Å². The lowest BCUT2D eigenvalue weighted by molar-refractivity contribution is -0.133. The molecule has 12 heteroatoms. The number of fused-ring (bicyclic) bond motifs is 1. The van der Waals surface area contributed by atoms with Crippen LogP contribution in [-0.4, -0.2) is 92.7 Å². The van der Waals surface area contributed by atoms with E-state index in [-0.39, 0.29) is 36.0 Å². The quantitative estimate of drug-likeness (QED) is 0.350. The van der Waals surface area contributed by atoms with Crippen molar-refractivity contribution in [3.63, 3.8) is 0 Å². The van der Waals surface area contributed by atoms with Gasteiger partial charge in [-0.2, -0.15) is 0 Å². The van der Waals surface area contributed by atoms with Crippen LogP contribution in [0.25, 0.3) is 11.3 Å². The van der Waals surface area contributed by atoms with E-state index in [9.17, 15) is 14.4 Å². The fourth-order valence-electron chi connectivity index (χ4n) is 5.04. The highest BCUT2D eigenvalue weighted by Gasteiger charge is 2.32. The molecular formula is C30H30Cl2N4O6. The van der Waals surface area contributed by atoms with Gasteiger partial charge in [0.25, 0.3) is 5.91 Å². The molecule has 2 aliphatic heterocycles. The minimum absolute atomic E-state index is 0.197. The number of anilines is 1. The molecule has 220 valence electrons. The largest absolute Gasteiger partial charge is 0.482 e. The Morgan fingerprint density at radius 2 is 1.81 bits per heavy atom. The third-order valence-corrected chi connectivity index (χ3v) is 8.14. The molecule has 1 aromatic heterocycles. The Bertz CT molecular complexity index is 1480. The molecule has 2 aromatic carbocycles. The number of hydrogen-bond acceptors (Lipinski definition) is 8. The van der Waals surface area contributed by atoms with Crippen molar-refractivity contribution < 1.29 is 28.6 Å². The van der Waals surface area contributed by atoms with E-state index in [1.807, 2.05) is 24.3 Å². The first-order chi connectivity index (χ1) is 20.3. The molecule has 0 saturated carbocycles. The molecule has 0 spiro atoms. The SMILES string of the molecule is COC(=O)c1cccnc1-c1ccc(C(CN2CCOCC2)N(C)C(=O)CN2C(=O)COc3cc(Cl)c(Cl)cc32)cc1. The summed E-state index contributed by atoms with van der Waals surface area (Å²) in [5.74, 6) is -0.697. The minimum atomic E-state index is -0.472. The van der Waals surface area contributed by atoms with Crippen molar-refractivity contribution in [2.75, 3.05) is 65.1 Å². The number of morpholine rings is 1. The van der Waals surface area contributed by atoms with E-state index in [4.69, 9.17) is 37.4 Å². The first kappa shape index (κ1) is 29.8. The molecule has 2 amide bonds. The molecule has 5 rings (SSSR count). The molecule has 3 heterocycles. The number of pyridine rings is 1. The van der Waals surface area contributed by atoms with Crippen LogP contribution in [0.4, 0.5) is 5.69 Å². The van der Waals surface area contributed by atoms with E-state index in [1.54, 1.807) is 36.3 Å². The Kier molecular flexibility index (Phi) is 9.27. The Labute approximate surface area is 253 Å². The van der Waals surface area contributed by atoms with Gasteiger partial charge in [0.05, 0.1) is 53.4 Å². The van der Waals surface area contributed by atoms with E-state index in [0.717, 1.165) is 24.2 Å². The van der Waals surface area contributed by atoms with Crippen molar-refractivity contribution in [1.82, 2.24) is 14.8 Å². The lowest BCUT2D eigenvalue weighted by Crippen LogP contribution is -2.48. The number of amides is 2. The lowest BCUT2D eigenvalue weighted by atomic mass is 9.99. The molecule has 0 aliphatic carbocycles. The van der Waals surface area contributed by atoms with Gasteiger partial charge in [-0.15, -0.1) is 0 Å². The highest BCUT2D eigenvalue weighted by molar-refractivity contribution is 6.42. The molecule has 2 aliphatic rings. The van der Waals surface area contributed by atoms with Crippen LogP contribution in [0.3, 0.4) is 0 Å². The molecule has 3 aromatic rings. The summed E-state index contributed by atoms with van der Waals surface area (Å²) in [7, 11) is 3.06. The van der Waals surface area contributed by atoms with Crippen molar-refractivity contribution in [1.29, 1.82) is 0 Å². The summed E-state index contributed by atoms with van der Waals surface area (Å²) >= 11 is 12.4. The second kappa shape index (κ2) is 13.1. The van der Waals surface area contributed by atoms with Crippen LogP contribution < -0.4 is 9.64 Å². The number of likely N-dealkylation sites (N-methyl/N-ethyl adjacent to an activating group) is 1. The lowest BCUT2D eigenvalue weighted by Gasteiger charge is -2.37. The normalized spacial score (nSPS) is 15.9. The third kappa shape index (κ3) is 6.37. The van der Waals surface area contributed by atoms with Crippen LogP contribution in [0.1, 0.15) is 22.0 Å². The third-order valence-electron chi connectivity index (χ3n) is 7.42. The van der Waals surface area contributed by atoms with Crippen LogP contribution in [0, 0.1) is 0 Å². The summed E-state index contributed by atoms with van der Waals surface area (Å²) in [6, 6.07) is 13.7. The molecule has 0 bridgehead atoms. The van der Waals surface area contributed by atoms with Crippen LogP contribution >= 0.6 is 23.2 Å². The van der Waals surface area contributed by atoms with E-state index in [2.05, 4.69) is 9.88 Å². The number of nitrogens with zero attached hydrogens (tertiary/aromatic N) is 4. The molecule has 0 radical (unpaired) electrons. The highest BCUT2D eigenvalue weighted by atomic mass is 35.5. The summed E-state index contributed by atoms with van der Waals surface area (Å²) in [4.78, 5) is 48.6. The number of methoxy groups -OCH3 is 1. The molecule has 1 saturated heterocycles. The van der Waals surface area contributed by atoms with Crippen LogP contribution in [0.2, 0.25) is 10.0 Å². The number of carbonyl (C=O) groups excluding carboxylic acids is 3. The number of esters is 1. The molecule has 42 heavy (non-hydrogen) atoms. The first-order valence-electron chi connectivity index (χ1n) is 13.4. The fourth-order valence-corrected chi connectivity index (χ4v) is 5.35. The molecule has 1 atom stereocenters. The van der Waals surface area contributed by atoms with Gasteiger partial charge in [0, 0.05) is 44.5 Å². The Morgan fingerprint density at radius 1 is 1.10 bits per heavy atom. The Morgan fingerprint density at radius 3 is 2.52 bits per heavy atom. The van der Waals surface area contributed by atoms with Crippen molar-refractivity contribution in [3.05, 3.63) is 75.9 Å². The smallest absolute Gasteiger partial charge is 0.340 e.